The predicted octanol–water partition coefficient (Wildman–Crippen LogP) is 2.80. The molecule has 2 aromatic rings. The van der Waals surface area contributed by atoms with E-state index in [4.69, 9.17) is 14.2 Å². The Labute approximate surface area is 139 Å². The molecule has 0 aliphatic carbocycles. The van der Waals surface area contributed by atoms with Crippen molar-refractivity contribution in [1.29, 1.82) is 0 Å². The number of para-hydroxylation sites is 1. The number of thiazole rings is 1. The lowest BCUT2D eigenvalue weighted by Crippen LogP contribution is -2.38. The maximum Gasteiger partial charge on any atom is 0.165 e. The predicted molar refractivity (Wildman–Crippen MR) is 88.3 cm³/mol. The average Bonchev–Trinajstić information content (AvgIpc) is 3.02. The van der Waals surface area contributed by atoms with Gasteiger partial charge in [-0.2, -0.15) is 0 Å². The summed E-state index contributed by atoms with van der Waals surface area (Å²) in [5.74, 6) is 1.75. The van der Waals surface area contributed by atoms with Crippen LogP contribution < -0.4 is 9.47 Å². The smallest absolute Gasteiger partial charge is 0.165 e. The summed E-state index contributed by atoms with van der Waals surface area (Å²) in [4.78, 5) is 6.97. The lowest BCUT2D eigenvalue weighted by Gasteiger charge is -2.32. The zero-order valence-corrected chi connectivity index (χ0v) is 14.0. The van der Waals surface area contributed by atoms with Crippen molar-refractivity contribution in [3.63, 3.8) is 0 Å². The van der Waals surface area contributed by atoms with Gasteiger partial charge in [-0.15, -0.1) is 11.3 Å². The van der Waals surface area contributed by atoms with E-state index < -0.39 is 0 Å². The number of rotatable bonds is 3. The molecule has 1 saturated heterocycles. The highest BCUT2D eigenvalue weighted by Crippen LogP contribution is 2.35. The van der Waals surface area contributed by atoms with Crippen molar-refractivity contribution < 1.29 is 14.2 Å². The molecule has 6 heteroatoms. The number of morpholine rings is 1. The first-order valence-electron chi connectivity index (χ1n) is 7.93. The number of fused-ring (bicyclic) bond motifs is 1. The first kappa shape index (κ1) is 14.9. The van der Waals surface area contributed by atoms with E-state index in [1.807, 2.05) is 19.1 Å². The Balaban J connectivity index is 1.48. The molecule has 122 valence electrons. The third-order valence-electron chi connectivity index (χ3n) is 4.10. The number of aromatic nitrogens is 1. The van der Waals surface area contributed by atoms with Gasteiger partial charge >= 0.3 is 0 Å². The molecule has 0 spiro atoms. The molecule has 0 N–H and O–H groups in total. The third kappa shape index (κ3) is 3.20. The van der Waals surface area contributed by atoms with Crippen molar-refractivity contribution in [2.45, 2.75) is 19.6 Å². The molecular formula is C17H20N2O3S. The maximum absolute atomic E-state index is 5.91. The van der Waals surface area contributed by atoms with Gasteiger partial charge in [0.25, 0.3) is 0 Å². The highest BCUT2D eigenvalue weighted by atomic mass is 32.1. The van der Waals surface area contributed by atoms with Gasteiger partial charge in [0, 0.05) is 36.3 Å². The number of ether oxygens (including phenoxy) is 3. The molecule has 1 aromatic carbocycles. The molecule has 0 radical (unpaired) electrons. The van der Waals surface area contributed by atoms with Gasteiger partial charge in [-0.05, 0) is 13.0 Å². The van der Waals surface area contributed by atoms with Crippen LogP contribution >= 0.6 is 11.3 Å². The molecule has 3 heterocycles. The Morgan fingerprint density at radius 3 is 3.04 bits per heavy atom. The Hall–Kier alpha value is -1.63. The fourth-order valence-electron chi connectivity index (χ4n) is 3.02. The summed E-state index contributed by atoms with van der Waals surface area (Å²) < 4.78 is 17.4. The minimum absolute atomic E-state index is 0.0687. The summed E-state index contributed by atoms with van der Waals surface area (Å²) in [6.45, 7) is 6.62. The van der Waals surface area contributed by atoms with E-state index in [9.17, 15) is 0 Å². The van der Waals surface area contributed by atoms with E-state index >= 15 is 0 Å². The van der Waals surface area contributed by atoms with E-state index in [0.717, 1.165) is 48.4 Å². The maximum atomic E-state index is 5.91. The molecule has 2 aliphatic rings. The summed E-state index contributed by atoms with van der Waals surface area (Å²) in [7, 11) is 0. The van der Waals surface area contributed by atoms with Crippen molar-refractivity contribution in [2.24, 2.45) is 0 Å². The van der Waals surface area contributed by atoms with Crippen molar-refractivity contribution in [2.75, 3.05) is 32.9 Å². The van der Waals surface area contributed by atoms with Crippen LogP contribution in [-0.2, 0) is 11.3 Å². The van der Waals surface area contributed by atoms with Crippen LogP contribution in [0.1, 0.15) is 22.4 Å². The van der Waals surface area contributed by atoms with Crippen molar-refractivity contribution >= 4 is 11.3 Å². The Morgan fingerprint density at radius 1 is 1.26 bits per heavy atom. The van der Waals surface area contributed by atoms with Gasteiger partial charge in [-0.1, -0.05) is 12.1 Å². The number of hydrogen-bond acceptors (Lipinski definition) is 6. The lowest BCUT2D eigenvalue weighted by molar-refractivity contribution is -0.0333. The lowest BCUT2D eigenvalue weighted by atomic mass is 10.1. The van der Waals surface area contributed by atoms with Crippen LogP contribution in [-0.4, -0.2) is 42.8 Å². The first-order valence-corrected chi connectivity index (χ1v) is 8.81. The van der Waals surface area contributed by atoms with Gasteiger partial charge in [-0.25, -0.2) is 4.98 Å². The first-order chi connectivity index (χ1) is 11.3. The van der Waals surface area contributed by atoms with Gasteiger partial charge in [0.15, 0.2) is 11.5 Å². The monoisotopic (exact) mass is 332 g/mol. The topological polar surface area (TPSA) is 43.8 Å². The van der Waals surface area contributed by atoms with E-state index in [2.05, 4.69) is 21.3 Å². The molecule has 0 amide bonds. The molecule has 0 bridgehead atoms. The number of nitrogens with zero attached hydrogens (tertiary/aromatic N) is 2. The quantitative estimate of drug-likeness (QED) is 0.865. The second-order valence-electron chi connectivity index (χ2n) is 5.86. The summed E-state index contributed by atoms with van der Waals surface area (Å²) in [5.41, 5.74) is 2.24. The normalized spacial score (nSPS) is 21.3. The van der Waals surface area contributed by atoms with Crippen LogP contribution in [0, 0.1) is 6.92 Å². The Bertz CT molecular complexity index is 688. The van der Waals surface area contributed by atoms with E-state index in [0.29, 0.717) is 13.2 Å². The summed E-state index contributed by atoms with van der Waals surface area (Å²) >= 11 is 1.68. The molecular weight excluding hydrogens is 312 g/mol. The highest BCUT2D eigenvalue weighted by molar-refractivity contribution is 7.09. The molecule has 5 nitrogen and oxygen atoms in total. The fraction of sp³-hybridized carbons (Fsp3) is 0.471. The van der Waals surface area contributed by atoms with Crippen molar-refractivity contribution in [1.82, 2.24) is 9.88 Å². The standard InChI is InChI=1S/C17H20N2O3S/c1-12-11-23-17(18-12)15-10-19(5-6-20-15)9-13-3-2-4-14-16(13)22-8-7-21-14/h2-4,11,15H,5-10H2,1H3/t15-/m1/s1. The largest absolute Gasteiger partial charge is 0.486 e. The average molecular weight is 332 g/mol. The summed E-state index contributed by atoms with van der Waals surface area (Å²) in [5, 5.41) is 3.15. The summed E-state index contributed by atoms with van der Waals surface area (Å²) in [6, 6.07) is 6.12. The van der Waals surface area contributed by atoms with Gasteiger partial charge in [-0.3, -0.25) is 4.90 Å². The molecule has 1 fully saturated rings. The van der Waals surface area contributed by atoms with Gasteiger partial charge in [0.2, 0.25) is 0 Å². The van der Waals surface area contributed by atoms with E-state index in [-0.39, 0.29) is 6.10 Å². The molecule has 23 heavy (non-hydrogen) atoms. The Morgan fingerprint density at radius 2 is 2.17 bits per heavy atom. The fourth-order valence-corrected chi connectivity index (χ4v) is 3.85. The number of aryl methyl sites for hydroxylation is 1. The van der Waals surface area contributed by atoms with Crippen molar-refractivity contribution in [3.05, 3.63) is 39.8 Å². The minimum Gasteiger partial charge on any atom is -0.486 e. The zero-order valence-electron chi connectivity index (χ0n) is 13.2. The third-order valence-corrected chi connectivity index (χ3v) is 5.16. The second-order valence-corrected chi connectivity index (χ2v) is 6.75. The molecule has 2 aliphatic heterocycles. The zero-order chi connectivity index (χ0) is 15.6. The molecule has 0 saturated carbocycles. The minimum atomic E-state index is 0.0687. The van der Waals surface area contributed by atoms with Crippen LogP contribution in [0.5, 0.6) is 11.5 Å². The van der Waals surface area contributed by atoms with Crippen LogP contribution in [0.15, 0.2) is 23.6 Å². The molecule has 1 atom stereocenters. The van der Waals surface area contributed by atoms with Crippen LogP contribution in [0.2, 0.25) is 0 Å². The van der Waals surface area contributed by atoms with Crippen molar-refractivity contribution in [3.8, 4) is 11.5 Å². The second kappa shape index (κ2) is 6.47. The number of benzene rings is 1. The van der Waals surface area contributed by atoms with Crippen LogP contribution in [0.4, 0.5) is 0 Å². The van der Waals surface area contributed by atoms with Gasteiger partial charge < -0.3 is 14.2 Å². The SMILES string of the molecule is Cc1csc([C@H]2CN(Cc3cccc4c3OCCO4)CCO2)n1. The van der Waals surface area contributed by atoms with Gasteiger partial charge in [0.1, 0.15) is 24.3 Å². The molecule has 0 unspecified atom stereocenters. The van der Waals surface area contributed by atoms with Crippen LogP contribution in [0.25, 0.3) is 0 Å². The van der Waals surface area contributed by atoms with Crippen LogP contribution in [0.3, 0.4) is 0 Å². The van der Waals surface area contributed by atoms with E-state index in [1.165, 1.54) is 5.56 Å². The number of hydrogen-bond donors (Lipinski definition) is 0. The summed E-state index contributed by atoms with van der Waals surface area (Å²) in [6.07, 6.45) is 0.0687. The van der Waals surface area contributed by atoms with E-state index in [1.54, 1.807) is 11.3 Å². The Kier molecular flexibility index (Phi) is 4.20. The highest BCUT2D eigenvalue weighted by Gasteiger charge is 2.26. The van der Waals surface area contributed by atoms with Gasteiger partial charge in [0.05, 0.1) is 6.61 Å². The molecule has 1 aromatic heterocycles. The molecule has 4 rings (SSSR count).